The summed E-state index contributed by atoms with van der Waals surface area (Å²) in [4.78, 5) is 28.1. The van der Waals surface area contributed by atoms with Crippen molar-refractivity contribution in [2.24, 2.45) is 5.73 Å². The van der Waals surface area contributed by atoms with Crippen molar-refractivity contribution in [2.75, 3.05) is 5.32 Å². The first kappa shape index (κ1) is 16.9. The Hall–Kier alpha value is -2.99. The zero-order valence-corrected chi connectivity index (χ0v) is 14.5. The van der Waals surface area contributed by atoms with Gasteiger partial charge in [0.1, 0.15) is 0 Å². The van der Waals surface area contributed by atoms with Crippen molar-refractivity contribution >= 4 is 28.8 Å². The average molecular weight is 351 g/mol. The van der Waals surface area contributed by atoms with Crippen LogP contribution >= 0.6 is 11.3 Å². The van der Waals surface area contributed by atoms with E-state index in [9.17, 15) is 9.59 Å². The van der Waals surface area contributed by atoms with Gasteiger partial charge in [0.15, 0.2) is 0 Å². The number of amides is 2. The van der Waals surface area contributed by atoms with Crippen LogP contribution in [0, 0.1) is 6.92 Å². The fourth-order valence-corrected chi connectivity index (χ4v) is 3.10. The van der Waals surface area contributed by atoms with Crippen LogP contribution in [0.5, 0.6) is 0 Å². The number of hydrogen-bond acceptors (Lipinski definition) is 4. The largest absolute Gasteiger partial charge is 0.366 e. The molecule has 3 N–H and O–H groups in total. The molecule has 0 spiro atoms. The van der Waals surface area contributed by atoms with E-state index < -0.39 is 5.91 Å². The monoisotopic (exact) mass is 351 g/mol. The van der Waals surface area contributed by atoms with Gasteiger partial charge >= 0.3 is 0 Å². The fourth-order valence-electron chi connectivity index (χ4n) is 2.48. The summed E-state index contributed by atoms with van der Waals surface area (Å²) in [6, 6.07) is 14.4. The lowest BCUT2D eigenvalue weighted by Gasteiger charge is -2.09. The molecule has 0 aliphatic rings. The van der Waals surface area contributed by atoms with Crippen LogP contribution in [-0.2, 0) is 11.2 Å². The molecular weight excluding hydrogens is 334 g/mol. The van der Waals surface area contributed by atoms with E-state index in [1.807, 2.05) is 36.6 Å². The summed E-state index contributed by atoms with van der Waals surface area (Å²) in [5.41, 5.74) is 8.88. The van der Waals surface area contributed by atoms with Crippen molar-refractivity contribution in [3.63, 3.8) is 0 Å². The third-order valence-electron chi connectivity index (χ3n) is 3.70. The second-order valence-corrected chi connectivity index (χ2v) is 6.65. The van der Waals surface area contributed by atoms with Crippen molar-refractivity contribution in [1.29, 1.82) is 0 Å². The maximum absolute atomic E-state index is 12.2. The van der Waals surface area contributed by atoms with E-state index in [0.717, 1.165) is 21.8 Å². The predicted octanol–water partition coefficient (Wildman–Crippen LogP) is 3.40. The van der Waals surface area contributed by atoms with Gasteiger partial charge in [-0.1, -0.05) is 36.4 Å². The number of rotatable bonds is 5. The molecule has 0 unspecified atom stereocenters. The number of anilines is 1. The number of nitrogens with one attached hydrogen (secondary N) is 1. The third kappa shape index (κ3) is 4.10. The number of para-hydroxylation sites is 1. The molecule has 3 aromatic rings. The number of thiazole rings is 1. The summed E-state index contributed by atoms with van der Waals surface area (Å²) in [5.74, 6) is -0.773. The Bertz CT molecular complexity index is 916. The van der Waals surface area contributed by atoms with E-state index in [4.69, 9.17) is 5.73 Å². The lowest BCUT2D eigenvalue weighted by atomic mass is 10.1. The molecule has 0 saturated heterocycles. The molecule has 0 atom stereocenters. The third-order valence-corrected chi connectivity index (χ3v) is 4.47. The van der Waals surface area contributed by atoms with E-state index in [2.05, 4.69) is 10.3 Å². The van der Waals surface area contributed by atoms with Crippen LogP contribution in [0.25, 0.3) is 11.3 Å². The van der Waals surface area contributed by atoms with Crippen LogP contribution in [0.15, 0.2) is 53.9 Å². The lowest BCUT2D eigenvalue weighted by Crippen LogP contribution is -2.19. The van der Waals surface area contributed by atoms with Crippen LogP contribution in [-0.4, -0.2) is 16.8 Å². The molecular formula is C19H17N3O2S. The van der Waals surface area contributed by atoms with Crippen LogP contribution in [0.1, 0.15) is 20.9 Å². The summed E-state index contributed by atoms with van der Waals surface area (Å²) in [6.07, 6.45) is 0.212. The molecule has 0 aliphatic heterocycles. The smallest absolute Gasteiger partial charge is 0.250 e. The molecule has 6 heteroatoms. The molecule has 5 nitrogen and oxygen atoms in total. The van der Waals surface area contributed by atoms with Gasteiger partial charge in [0.25, 0.3) is 5.91 Å². The molecule has 0 saturated carbocycles. The van der Waals surface area contributed by atoms with Crippen LogP contribution < -0.4 is 11.1 Å². The number of hydrogen-bond donors (Lipinski definition) is 2. The van der Waals surface area contributed by atoms with Gasteiger partial charge in [0, 0.05) is 10.9 Å². The maximum Gasteiger partial charge on any atom is 0.250 e. The van der Waals surface area contributed by atoms with Crippen molar-refractivity contribution in [2.45, 2.75) is 13.3 Å². The highest BCUT2D eigenvalue weighted by atomic mass is 32.1. The second kappa shape index (κ2) is 7.27. The molecule has 0 bridgehead atoms. The van der Waals surface area contributed by atoms with Gasteiger partial charge in [-0.15, -0.1) is 11.3 Å². The molecule has 25 heavy (non-hydrogen) atoms. The highest BCUT2D eigenvalue weighted by Crippen LogP contribution is 2.22. The molecule has 3 rings (SSSR count). The Labute approximate surface area is 149 Å². The number of nitrogens with two attached hydrogens (primary N) is 1. The van der Waals surface area contributed by atoms with Gasteiger partial charge in [-0.25, -0.2) is 4.98 Å². The SMILES string of the molecule is Cc1nc(-c2ccc(CC(=O)Nc3ccccc3C(N)=O)cc2)cs1. The fraction of sp³-hybridized carbons (Fsp3) is 0.105. The Balaban J connectivity index is 1.68. The molecule has 1 heterocycles. The highest BCUT2D eigenvalue weighted by molar-refractivity contribution is 7.09. The van der Waals surface area contributed by atoms with Crippen LogP contribution in [0.4, 0.5) is 5.69 Å². The highest BCUT2D eigenvalue weighted by Gasteiger charge is 2.11. The Morgan fingerprint density at radius 1 is 1.12 bits per heavy atom. The summed E-state index contributed by atoms with van der Waals surface area (Å²) in [6.45, 7) is 1.97. The summed E-state index contributed by atoms with van der Waals surface area (Å²) < 4.78 is 0. The van der Waals surface area contributed by atoms with Crippen LogP contribution in [0.3, 0.4) is 0 Å². The molecule has 1 aromatic heterocycles. The van der Waals surface area contributed by atoms with Crippen molar-refractivity contribution in [3.05, 3.63) is 70.0 Å². The van der Waals surface area contributed by atoms with E-state index in [1.54, 1.807) is 35.6 Å². The van der Waals surface area contributed by atoms with Crippen molar-refractivity contribution in [3.8, 4) is 11.3 Å². The molecule has 126 valence electrons. The zero-order chi connectivity index (χ0) is 17.8. The Morgan fingerprint density at radius 3 is 2.48 bits per heavy atom. The predicted molar refractivity (Wildman–Crippen MR) is 99.6 cm³/mol. The number of nitrogens with zero attached hydrogens (tertiary/aromatic N) is 1. The van der Waals surface area contributed by atoms with Crippen molar-refractivity contribution < 1.29 is 9.59 Å². The minimum absolute atomic E-state index is 0.203. The molecule has 2 aromatic carbocycles. The zero-order valence-electron chi connectivity index (χ0n) is 13.7. The van der Waals surface area contributed by atoms with E-state index in [1.165, 1.54) is 0 Å². The van der Waals surface area contributed by atoms with Crippen molar-refractivity contribution in [1.82, 2.24) is 4.98 Å². The Morgan fingerprint density at radius 2 is 1.84 bits per heavy atom. The standard InChI is InChI=1S/C19H17N3O2S/c1-12-21-17(11-25-12)14-8-6-13(7-9-14)10-18(23)22-16-5-3-2-4-15(16)19(20)24/h2-9,11H,10H2,1H3,(H2,20,24)(H,22,23). The lowest BCUT2D eigenvalue weighted by molar-refractivity contribution is -0.115. The van der Waals surface area contributed by atoms with Gasteiger partial charge in [-0.3, -0.25) is 9.59 Å². The quantitative estimate of drug-likeness (QED) is 0.739. The number of carbonyl (C=O) groups is 2. The van der Waals surface area contributed by atoms with E-state index >= 15 is 0 Å². The topological polar surface area (TPSA) is 85.1 Å². The molecule has 0 fully saturated rings. The number of primary amides is 1. The molecule has 0 aliphatic carbocycles. The van der Waals surface area contributed by atoms with Gasteiger partial charge in [0.05, 0.1) is 28.4 Å². The second-order valence-electron chi connectivity index (χ2n) is 5.58. The minimum atomic E-state index is -0.571. The normalized spacial score (nSPS) is 10.4. The summed E-state index contributed by atoms with van der Waals surface area (Å²) >= 11 is 1.61. The molecule has 2 amide bonds. The average Bonchev–Trinajstić information content (AvgIpc) is 3.02. The van der Waals surface area contributed by atoms with Gasteiger partial charge in [-0.2, -0.15) is 0 Å². The van der Waals surface area contributed by atoms with Gasteiger partial charge in [0.2, 0.25) is 5.91 Å². The number of benzene rings is 2. The van der Waals surface area contributed by atoms with Gasteiger partial charge < -0.3 is 11.1 Å². The first-order valence-corrected chi connectivity index (χ1v) is 8.61. The van der Waals surface area contributed by atoms with E-state index in [-0.39, 0.29) is 12.3 Å². The summed E-state index contributed by atoms with van der Waals surface area (Å²) in [7, 11) is 0. The van der Waals surface area contributed by atoms with Crippen LogP contribution in [0.2, 0.25) is 0 Å². The van der Waals surface area contributed by atoms with E-state index in [0.29, 0.717) is 11.3 Å². The Kier molecular flexibility index (Phi) is 4.90. The molecule has 0 radical (unpaired) electrons. The maximum atomic E-state index is 12.2. The first-order valence-electron chi connectivity index (χ1n) is 7.73. The minimum Gasteiger partial charge on any atom is -0.366 e. The number of carbonyl (C=O) groups excluding carboxylic acids is 2. The first-order chi connectivity index (χ1) is 12.0. The number of aromatic nitrogens is 1. The summed E-state index contributed by atoms with van der Waals surface area (Å²) in [5, 5.41) is 5.77. The number of aryl methyl sites for hydroxylation is 1. The van der Waals surface area contributed by atoms with Gasteiger partial charge in [-0.05, 0) is 24.6 Å².